The first-order valence-electron chi connectivity index (χ1n) is 5.06. The lowest BCUT2D eigenvalue weighted by atomic mass is 10.1. The van der Waals surface area contributed by atoms with Gasteiger partial charge < -0.3 is 4.90 Å². The second kappa shape index (κ2) is 4.31. The number of aromatic nitrogens is 1. The monoisotopic (exact) mass is 216 g/mol. The van der Waals surface area contributed by atoms with Crippen LogP contribution in [0.15, 0.2) is 42.6 Å². The zero-order valence-electron chi connectivity index (χ0n) is 9.31. The summed E-state index contributed by atoms with van der Waals surface area (Å²) in [5, 5.41) is 0. The van der Waals surface area contributed by atoms with E-state index in [1.165, 1.54) is 12.3 Å². The second-order valence-corrected chi connectivity index (χ2v) is 3.80. The van der Waals surface area contributed by atoms with Crippen molar-refractivity contribution < 1.29 is 4.39 Å². The van der Waals surface area contributed by atoms with E-state index in [1.807, 2.05) is 43.3 Å². The van der Waals surface area contributed by atoms with Crippen LogP contribution in [-0.2, 0) is 0 Å². The van der Waals surface area contributed by atoms with E-state index in [0.29, 0.717) is 0 Å². The van der Waals surface area contributed by atoms with E-state index in [2.05, 4.69) is 4.98 Å². The van der Waals surface area contributed by atoms with Gasteiger partial charge in [-0.25, -0.2) is 4.39 Å². The summed E-state index contributed by atoms with van der Waals surface area (Å²) in [5.41, 5.74) is 2.91. The molecule has 16 heavy (non-hydrogen) atoms. The maximum absolute atomic E-state index is 12.7. The maximum atomic E-state index is 12.7. The van der Waals surface area contributed by atoms with Crippen molar-refractivity contribution in [3.63, 3.8) is 0 Å². The van der Waals surface area contributed by atoms with E-state index in [4.69, 9.17) is 0 Å². The lowest BCUT2D eigenvalue weighted by Gasteiger charge is -2.12. The minimum absolute atomic E-state index is 0.311. The first kappa shape index (κ1) is 10.6. The summed E-state index contributed by atoms with van der Waals surface area (Å²) >= 11 is 0. The predicted octanol–water partition coefficient (Wildman–Crippen LogP) is 2.95. The average Bonchev–Trinajstić information content (AvgIpc) is 2.30. The van der Waals surface area contributed by atoms with Crippen molar-refractivity contribution in [3.8, 4) is 11.3 Å². The summed E-state index contributed by atoms with van der Waals surface area (Å²) in [4.78, 5) is 6.06. The third-order valence-electron chi connectivity index (χ3n) is 2.41. The molecular weight excluding hydrogens is 203 g/mol. The van der Waals surface area contributed by atoms with Crippen LogP contribution >= 0.6 is 0 Å². The van der Waals surface area contributed by atoms with Crippen LogP contribution in [0.5, 0.6) is 0 Å². The summed E-state index contributed by atoms with van der Waals surface area (Å²) in [7, 11) is 3.98. The van der Waals surface area contributed by atoms with Gasteiger partial charge in [-0.2, -0.15) is 0 Å². The number of rotatable bonds is 2. The number of hydrogen-bond donors (Lipinski definition) is 0. The van der Waals surface area contributed by atoms with Crippen LogP contribution in [0.3, 0.4) is 0 Å². The third-order valence-corrected chi connectivity index (χ3v) is 2.41. The smallest absolute Gasteiger partial charge is 0.141 e. The molecular formula is C13H13FN2. The zero-order chi connectivity index (χ0) is 11.5. The van der Waals surface area contributed by atoms with Crippen molar-refractivity contribution in [1.82, 2.24) is 4.98 Å². The molecule has 0 aliphatic carbocycles. The molecule has 0 amide bonds. The van der Waals surface area contributed by atoms with Gasteiger partial charge in [-0.1, -0.05) is 12.1 Å². The molecule has 0 unspecified atom stereocenters. The van der Waals surface area contributed by atoms with Gasteiger partial charge >= 0.3 is 0 Å². The van der Waals surface area contributed by atoms with E-state index in [0.717, 1.165) is 16.9 Å². The molecule has 0 saturated carbocycles. The summed E-state index contributed by atoms with van der Waals surface area (Å²) in [6.07, 6.45) is 1.23. The normalized spacial score (nSPS) is 10.2. The fraction of sp³-hybridized carbons (Fsp3) is 0.154. The Labute approximate surface area is 94.4 Å². The van der Waals surface area contributed by atoms with E-state index in [9.17, 15) is 4.39 Å². The number of pyridine rings is 1. The van der Waals surface area contributed by atoms with E-state index >= 15 is 0 Å². The molecule has 2 aromatic rings. The Balaban J connectivity index is 2.31. The predicted molar refractivity (Wildman–Crippen MR) is 64.0 cm³/mol. The van der Waals surface area contributed by atoms with Crippen molar-refractivity contribution in [2.45, 2.75) is 0 Å². The van der Waals surface area contributed by atoms with Gasteiger partial charge in [-0.05, 0) is 24.3 Å². The third kappa shape index (κ3) is 2.19. The summed E-state index contributed by atoms with van der Waals surface area (Å²) < 4.78 is 12.7. The Morgan fingerprint density at radius 1 is 1.00 bits per heavy atom. The van der Waals surface area contributed by atoms with Gasteiger partial charge in [0.1, 0.15) is 5.82 Å². The number of nitrogens with zero attached hydrogens (tertiary/aromatic N) is 2. The molecule has 0 spiro atoms. The van der Waals surface area contributed by atoms with Gasteiger partial charge in [0.2, 0.25) is 0 Å². The molecule has 1 aromatic heterocycles. The molecule has 0 N–H and O–H groups in total. The van der Waals surface area contributed by atoms with Crippen molar-refractivity contribution in [2.24, 2.45) is 0 Å². The molecule has 0 saturated heterocycles. The van der Waals surface area contributed by atoms with Crippen LogP contribution in [0, 0.1) is 5.82 Å². The first-order valence-corrected chi connectivity index (χ1v) is 5.06. The number of benzene rings is 1. The molecule has 3 heteroatoms. The highest BCUT2D eigenvalue weighted by Crippen LogP contribution is 2.20. The van der Waals surface area contributed by atoms with Gasteiger partial charge in [0, 0.05) is 25.3 Å². The molecule has 1 heterocycles. The highest BCUT2D eigenvalue weighted by atomic mass is 19.1. The van der Waals surface area contributed by atoms with Gasteiger partial charge in [0.25, 0.3) is 0 Å². The summed E-state index contributed by atoms with van der Waals surface area (Å²) in [5.74, 6) is -0.311. The van der Waals surface area contributed by atoms with Crippen LogP contribution in [-0.4, -0.2) is 19.1 Å². The van der Waals surface area contributed by atoms with Crippen LogP contribution in [0.1, 0.15) is 0 Å². The van der Waals surface area contributed by atoms with Gasteiger partial charge in [0.05, 0.1) is 11.9 Å². The van der Waals surface area contributed by atoms with Crippen molar-refractivity contribution >= 4 is 5.69 Å². The summed E-state index contributed by atoms with van der Waals surface area (Å²) in [6, 6.07) is 11.1. The lowest BCUT2D eigenvalue weighted by Crippen LogP contribution is -2.07. The molecule has 0 fully saturated rings. The van der Waals surface area contributed by atoms with Crippen molar-refractivity contribution in [2.75, 3.05) is 19.0 Å². The number of anilines is 1. The average molecular weight is 216 g/mol. The van der Waals surface area contributed by atoms with Gasteiger partial charge in [-0.3, -0.25) is 4.98 Å². The van der Waals surface area contributed by atoms with Gasteiger partial charge in [-0.15, -0.1) is 0 Å². The Bertz CT molecular complexity index is 460. The van der Waals surface area contributed by atoms with Crippen molar-refractivity contribution in [3.05, 3.63) is 48.4 Å². The number of hydrogen-bond acceptors (Lipinski definition) is 2. The van der Waals surface area contributed by atoms with E-state index in [1.54, 1.807) is 6.07 Å². The topological polar surface area (TPSA) is 16.1 Å². The van der Waals surface area contributed by atoms with E-state index < -0.39 is 0 Å². The molecule has 2 rings (SSSR count). The molecule has 0 radical (unpaired) electrons. The highest BCUT2D eigenvalue weighted by molar-refractivity contribution is 5.62. The molecule has 2 nitrogen and oxygen atoms in total. The highest BCUT2D eigenvalue weighted by Gasteiger charge is 2.00. The Kier molecular flexibility index (Phi) is 2.86. The molecule has 0 bridgehead atoms. The SMILES string of the molecule is CN(C)c1ccc(-c2ccc(F)cn2)cc1. The fourth-order valence-corrected chi connectivity index (χ4v) is 1.48. The van der Waals surface area contributed by atoms with Crippen LogP contribution in [0.2, 0.25) is 0 Å². The van der Waals surface area contributed by atoms with Crippen molar-refractivity contribution in [1.29, 1.82) is 0 Å². The Morgan fingerprint density at radius 2 is 1.69 bits per heavy atom. The first-order chi connectivity index (χ1) is 7.66. The van der Waals surface area contributed by atoms with E-state index in [-0.39, 0.29) is 5.82 Å². The Morgan fingerprint density at radius 3 is 2.19 bits per heavy atom. The largest absolute Gasteiger partial charge is 0.378 e. The quantitative estimate of drug-likeness (QED) is 0.767. The Hall–Kier alpha value is -1.90. The maximum Gasteiger partial charge on any atom is 0.141 e. The number of halogens is 1. The molecule has 0 aliphatic heterocycles. The summed E-state index contributed by atoms with van der Waals surface area (Å²) in [6.45, 7) is 0. The van der Waals surface area contributed by atoms with Gasteiger partial charge in [0.15, 0.2) is 0 Å². The molecule has 0 aliphatic rings. The fourth-order valence-electron chi connectivity index (χ4n) is 1.48. The molecule has 1 aromatic carbocycles. The minimum atomic E-state index is -0.311. The molecule has 82 valence electrons. The van der Waals surface area contributed by atoms with Crippen LogP contribution in [0.4, 0.5) is 10.1 Å². The minimum Gasteiger partial charge on any atom is -0.378 e. The lowest BCUT2D eigenvalue weighted by molar-refractivity contribution is 0.622. The second-order valence-electron chi connectivity index (χ2n) is 3.80. The molecule has 0 atom stereocenters. The zero-order valence-corrected chi connectivity index (χ0v) is 9.31. The van der Waals surface area contributed by atoms with Crippen LogP contribution in [0.25, 0.3) is 11.3 Å². The standard InChI is InChI=1S/C13H13FN2/c1-16(2)12-6-3-10(4-7-12)13-8-5-11(14)9-15-13/h3-9H,1-2H3. The van der Waals surface area contributed by atoms with Crippen LogP contribution < -0.4 is 4.90 Å².